The van der Waals surface area contributed by atoms with E-state index in [1.807, 2.05) is 20.8 Å². The third-order valence-electron chi connectivity index (χ3n) is 2.63. The van der Waals surface area contributed by atoms with Crippen molar-refractivity contribution in [1.82, 2.24) is 20.8 Å². The summed E-state index contributed by atoms with van der Waals surface area (Å²) in [6.45, 7) is 5.83. The van der Waals surface area contributed by atoms with Crippen LogP contribution in [-0.4, -0.2) is 21.8 Å². The van der Waals surface area contributed by atoms with Gasteiger partial charge in [0.1, 0.15) is 11.5 Å². The van der Waals surface area contributed by atoms with Crippen LogP contribution in [0.5, 0.6) is 0 Å². The second-order valence-corrected chi connectivity index (χ2v) is 5.40. The Kier molecular flexibility index (Phi) is 4.02. The molecule has 2 aromatic rings. The van der Waals surface area contributed by atoms with Crippen molar-refractivity contribution in [3.8, 4) is 0 Å². The van der Waals surface area contributed by atoms with Crippen LogP contribution in [0.25, 0.3) is 0 Å². The Hall–Kier alpha value is -2.70. The number of pyridine rings is 1. The van der Waals surface area contributed by atoms with E-state index in [4.69, 9.17) is 4.42 Å². The summed E-state index contributed by atoms with van der Waals surface area (Å²) in [7, 11) is 0. The Labute approximate surface area is 121 Å². The van der Waals surface area contributed by atoms with E-state index < -0.39 is 11.8 Å². The van der Waals surface area contributed by atoms with Crippen molar-refractivity contribution in [3.05, 3.63) is 47.9 Å². The number of carbonyl (C=O) groups excluding carboxylic acids is 2. The summed E-state index contributed by atoms with van der Waals surface area (Å²) in [6, 6.07) is 4.90. The molecule has 21 heavy (non-hydrogen) atoms. The molecule has 0 aliphatic heterocycles. The third-order valence-corrected chi connectivity index (χ3v) is 2.63. The van der Waals surface area contributed by atoms with Gasteiger partial charge < -0.3 is 4.42 Å². The smallest absolute Gasteiger partial charge is 0.325 e. The highest BCUT2D eigenvalue weighted by molar-refractivity contribution is 5.96. The van der Waals surface area contributed by atoms with Gasteiger partial charge in [0.2, 0.25) is 0 Å². The van der Waals surface area contributed by atoms with Crippen LogP contribution in [0, 0.1) is 0 Å². The molecule has 0 bridgehead atoms. The summed E-state index contributed by atoms with van der Waals surface area (Å²) in [4.78, 5) is 31.3. The fourth-order valence-corrected chi connectivity index (χ4v) is 1.45. The number of rotatable bonds is 2. The van der Waals surface area contributed by atoms with Crippen LogP contribution in [0.15, 0.2) is 35.0 Å². The number of nitrogens with one attached hydrogen (secondary N) is 2. The molecule has 7 nitrogen and oxygen atoms in total. The maximum Gasteiger partial charge on any atom is 0.325 e. The first kappa shape index (κ1) is 14.7. The first-order chi connectivity index (χ1) is 9.88. The quantitative estimate of drug-likeness (QED) is 0.815. The van der Waals surface area contributed by atoms with Crippen LogP contribution in [0.1, 0.15) is 47.7 Å². The summed E-state index contributed by atoms with van der Waals surface area (Å²) in [6.07, 6.45) is 2.98. The highest BCUT2D eigenvalue weighted by Gasteiger charge is 2.22. The van der Waals surface area contributed by atoms with Gasteiger partial charge in [-0.25, -0.2) is 4.98 Å². The first-order valence-corrected chi connectivity index (χ1v) is 6.36. The van der Waals surface area contributed by atoms with Crippen LogP contribution >= 0.6 is 0 Å². The summed E-state index contributed by atoms with van der Waals surface area (Å²) in [5.41, 5.74) is 4.42. The molecule has 0 aromatic carbocycles. The topological polar surface area (TPSA) is 97.1 Å². The standard InChI is InChI=1S/C14H16N4O3/c1-14(2,3)10-8-16-13(21-10)12(20)18-17-11(19)9-6-4-5-7-15-9/h4-8H,1-3H3,(H,17,19)(H,18,20). The van der Waals surface area contributed by atoms with Gasteiger partial charge in [-0.3, -0.25) is 25.4 Å². The molecular weight excluding hydrogens is 272 g/mol. The minimum atomic E-state index is -0.630. The summed E-state index contributed by atoms with van der Waals surface area (Å²) >= 11 is 0. The van der Waals surface area contributed by atoms with Crippen molar-refractivity contribution in [2.75, 3.05) is 0 Å². The van der Waals surface area contributed by atoms with Gasteiger partial charge in [0.25, 0.3) is 11.8 Å². The van der Waals surface area contributed by atoms with E-state index in [9.17, 15) is 9.59 Å². The molecule has 0 saturated carbocycles. The van der Waals surface area contributed by atoms with E-state index in [1.54, 1.807) is 12.1 Å². The summed E-state index contributed by atoms with van der Waals surface area (Å²) < 4.78 is 5.36. The lowest BCUT2D eigenvalue weighted by molar-refractivity contribution is 0.0822. The minimum Gasteiger partial charge on any atom is -0.437 e. The molecule has 2 rings (SSSR count). The number of hydrazine groups is 1. The average molecular weight is 288 g/mol. The van der Waals surface area contributed by atoms with E-state index in [1.165, 1.54) is 18.5 Å². The van der Waals surface area contributed by atoms with Gasteiger partial charge in [0.05, 0.1) is 6.20 Å². The molecule has 2 N–H and O–H groups in total. The van der Waals surface area contributed by atoms with Crippen molar-refractivity contribution in [3.63, 3.8) is 0 Å². The number of hydrogen-bond donors (Lipinski definition) is 2. The molecule has 0 atom stereocenters. The van der Waals surface area contributed by atoms with Gasteiger partial charge in [0.15, 0.2) is 0 Å². The SMILES string of the molecule is CC(C)(C)c1cnc(C(=O)NNC(=O)c2ccccn2)o1. The van der Waals surface area contributed by atoms with Gasteiger partial charge in [-0.15, -0.1) is 0 Å². The van der Waals surface area contributed by atoms with Crippen LogP contribution < -0.4 is 10.9 Å². The number of aromatic nitrogens is 2. The van der Waals surface area contributed by atoms with Crippen molar-refractivity contribution in [2.45, 2.75) is 26.2 Å². The normalized spacial score (nSPS) is 11.0. The number of carbonyl (C=O) groups is 2. The third kappa shape index (κ3) is 3.65. The highest BCUT2D eigenvalue weighted by atomic mass is 16.4. The summed E-state index contributed by atoms with van der Waals surface area (Å²) in [5, 5.41) is 0. The van der Waals surface area contributed by atoms with Crippen molar-refractivity contribution in [2.24, 2.45) is 0 Å². The van der Waals surface area contributed by atoms with Gasteiger partial charge in [-0.1, -0.05) is 26.8 Å². The minimum absolute atomic E-state index is 0.110. The van der Waals surface area contributed by atoms with Crippen molar-refractivity contribution in [1.29, 1.82) is 0 Å². The molecule has 2 aromatic heterocycles. The molecule has 2 amide bonds. The molecule has 0 spiro atoms. The molecule has 110 valence electrons. The maximum absolute atomic E-state index is 11.8. The highest BCUT2D eigenvalue weighted by Crippen LogP contribution is 2.22. The molecule has 0 aliphatic carbocycles. The molecular formula is C14H16N4O3. The largest absolute Gasteiger partial charge is 0.437 e. The number of hydrogen-bond acceptors (Lipinski definition) is 5. The zero-order valence-corrected chi connectivity index (χ0v) is 12.0. The lowest BCUT2D eigenvalue weighted by Gasteiger charge is -2.13. The number of oxazole rings is 1. The zero-order valence-electron chi connectivity index (χ0n) is 12.0. The lowest BCUT2D eigenvalue weighted by atomic mass is 9.94. The fourth-order valence-electron chi connectivity index (χ4n) is 1.45. The Bertz CT molecular complexity index is 644. The first-order valence-electron chi connectivity index (χ1n) is 6.36. The van der Waals surface area contributed by atoms with Gasteiger partial charge in [0, 0.05) is 11.6 Å². The average Bonchev–Trinajstić information content (AvgIpc) is 2.95. The molecule has 0 saturated heterocycles. The van der Waals surface area contributed by atoms with Crippen LogP contribution in [0.3, 0.4) is 0 Å². The molecule has 0 fully saturated rings. The lowest BCUT2D eigenvalue weighted by Crippen LogP contribution is -2.42. The van der Waals surface area contributed by atoms with E-state index in [0.717, 1.165) is 0 Å². The van der Waals surface area contributed by atoms with Crippen LogP contribution in [0.2, 0.25) is 0 Å². The van der Waals surface area contributed by atoms with Gasteiger partial charge in [-0.05, 0) is 12.1 Å². The molecule has 0 radical (unpaired) electrons. The van der Waals surface area contributed by atoms with E-state index >= 15 is 0 Å². The van der Waals surface area contributed by atoms with E-state index in [2.05, 4.69) is 20.8 Å². The number of nitrogens with zero attached hydrogens (tertiary/aromatic N) is 2. The summed E-state index contributed by atoms with van der Waals surface area (Å²) in [5.74, 6) is -0.675. The maximum atomic E-state index is 11.8. The van der Waals surface area contributed by atoms with Crippen molar-refractivity contribution >= 4 is 11.8 Å². The zero-order chi connectivity index (χ0) is 15.5. The van der Waals surface area contributed by atoms with E-state index in [-0.39, 0.29) is 17.0 Å². The van der Waals surface area contributed by atoms with Crippen LogP contribution in [-0.2, 0) is 5.41 Å². The molecule has 7 heteroatoms. The Balaban J connectivity index is 1.96. The van der Waals surface area contributed by atoms with Gasteiger partial charge in [-0.2, -0.15) is 0 Å². The van der Waals surface area contributed by atoms with Gasteiger partial charge >= 0.3 is 5.91 Å². The van der Waals surface area contributed by atoms with Crippen molar-refractivity contribution < 1.29 is 14.0 Å². The Morgan fingerprint density at radius 1 is 1.10 bits per heavy atom. The number of amides is 2. The second kappa shape index (κ2) is 5.74. The molecule has 0 unspecified atom stereocenters. The Morgan fingerprint density at radius 2 is 1.81 bits per heavy atom. The van der Waals surface area contributed by atoms with Crippen LogP contribution in [0.4, 0.5) is 0 Å². The predicted molar refractivity (Wildman–Crippen MR) is 74.4 cm³/mol. The van der Waals surface area contributed by atoms with E-state index in [0.29, 0.717) is 5.76 Å². The second-order valence-electron chi connectivity index (χ2n) is 5.40. The fraction of sp³-hybridized carbons (Fsp3) is 0.286. The Morgan fingerprint density at radius 3 is 2.38 bits per heavy atom. The molecule has 0 aliphatic rings. The predicted octanol–water partition coefficient (Wildman–Crippen LogP) is 1.44. The monoisotopic (exact) mass is 288 g/mol. The molecule has 2 heterocycles.